The maximum Gasteiger partial charge on any atom is 0.252 e. The van der Waals surface area contributed by atoms with Gasteiger partial charge < -0.3 is 9.72 Å². The zero-order valence-electron chi connectivity index (χ0n) is 22.0. The Morgan fingerprint density at radius 3 is 2.50 bits per heavy atom. The molecule has 3 aromatic carbocycles. The first-order chi connectivity index (χ1) is 18.5. The van der Waals surface area contributed by atoms with Crippen LogP contribution in [0.1, 0.15) is 47.5 Å². The van der Waals surface area contributed by atoms with Crippen molar-refractivity contribution in [1.82, 2.24) is 30.1 Å². The number of fused-ring (bicyclic) bond motifs is 1. The Bertz CT molecular complexity index is 1560. The molecule has 0 radical (unpaired) electrons. The molecule has 2 aromatic heterocycles. The lowest BCUT2D eigenvalue weighted by atomic mass is 10.1. The van der Waals surface area contributed by atoms with E-state index in [9.17, 15) is 4.79 Å². The molecule has 1 N–H and O–H groups in total. The predicted octanol–water partition coefficient (Wildman–Crippen LogP) is 5.03. The molecule has 5 rings (SSSR count). The largest absolute Gasteiger partial charge is 0.497 e. The number of benzene rings is 3. The number of nitrogens with zero attached hydrogens (tertiary/aromatic N) is 5. The summed E-state index contributed by atoms with van der Waals surface area (Å²) < 4.78 is 7.26. The molecule has 0 aliphatic heterocycles. The van der Waals surface area contributed by atoms with Crippen LogP contribution in [0.25, 0.3) is 10.9 Å². The van der Waals surface area contributed by atoms with E-state index < -0.39 is 0 Å². The molecule has 0 bridgehead atoms. The number of rotatable bonds is 10. The van der Waals surface area contributed by atoms with Gasteiger partial charge in [-0.05, 0) is 59.2 Å². The summed E-state index contributed by atoms with van der Waals surface area (Å²) in [4.78, 5) is 18.5. The first kappa shape index (κ1) is 25.4. The Labute approximate surface area is 221 Å². The van der Waals surface area contributed by atoms with E-state index in [4.69, 9.17) is 4.74 Å². The molecular weight excluding hydrogens is 476 g/mol. The van der Waals surface area contributed by atoms with Gasteiger partial charge in [0.25, 0.3) is 5.56 Å². The number of H-pyrrole nitrogens is 1. The minimum Gasteiger partial charge on any atom is -0.497 e. The summed E-state index contributed by atoms with van der Waals surface area (Å²) >= 11 is 0. The average molecular weight is 509 g/mol. The topological polar surface area (TPSA) is 88.9 Å². The highest BCUT2D eigenvalue weighted by atomic mass is 16.5. The van der Waals surface area contributed by atoms with E-state index in [0.717, 1.165) is 40.0 Å². The summed E-state index contributed by atoms with van der Waals surface area (Å²) in [6, 6.07) is 26.2. The Balaban J connectivity index is 1.52. The third kappa shape index (κ3) is 5.65. The SMILES string of the molecule is CCC(c1nnnn1Cc1ccccc1)N(Cc1ccc(C)cc1)Cc1cc2cc(OC)ccc2[nH]c1=O. The third-order valence-corrected chi connectivity index (χ3v) is 6.87. The standard InChI is InChI=1S/C30H32N6O2/c1-4-28(29-32-33-34-36(29)19-22-8-6-5-7-9-22)35(18-23-12-10-21(2)11-13-23)20-25-16-24-17-26(38-3)14-15-27(24)31-30(25)37/h5-17,28H,4,18-20H2,1-3H3,(H,31,37). The van der Waals surface area contributed by atoms with Crippen molar-refractivity contribution in [3.8, 4) is 5.75 Å². The molecule has 2 heterocycles. The average Bonchev–Trinajstić information content (AvgIpc) is 3.38. The maximum atomic E-state index is 13.2. The van der Waals surface area contributed by atoms with Gasteiger partial charge in [0.1, 0.15) is 5.75 Å². The number of pyridine rings is 1. The van der Waals surface area contributed by atoms with E-state index in [1.807, 2.05) is 47.1 Å². The molecule has 194 valence electrons. The molecule has 0 fully saturated rings. The Morgan fingerprint density at radius 2 is 1.76 bits per heavy atom. The van der Waals surface area contributed by atoms with Crippen LogP contribution in [0, 0.1) is 6.92 Å². The van der Waals surface area contributed by atoms with Crippen molar-refractivity contribution < 1.29 is 4.74 Å². The highest BCUT2D eigenvalue weighted by molar-refractivity contribution is 5.80. The quantitative estimate of drug-likeness (QED) is 0.285. The first-order valence-corrected chi connectivity index (χ1v) is 12.8. The van der Waals surface area contributed by atoms with Crippen LogP contribution in [0.2, 0.25) is 0 Å². The molecule has 0 amide bonds. The van der Waals surface area contributed by atoms with Gasteiger partial charge in [-0.2, -0.15) is 0 Å². The van der Waals surface area contributed by atoms with E-state index in [1.54, 1.807) is 7.11 Å². The van der Waals surface area contributed by atoms with Gasteiger partial charge in [0.05, 0.1) is 19.7 Å². The van der Waals surface area contributed by atoms with Crippen molar-refractivity contribution in [1.29, 1.82) is 0 Å². The van der Waals surface area contributed by atoms with Crippen molar-refractivity contribution in [3.05, 3.63) is 117 Å². The van der Waals surface area contributed by atoms with Crippen LogP contribution >= 0.6 is 0 Å². The second-order valence-corrected chi connectivity index (χ2v) is 9.57. The Hall–Kier alpha value is -4.30. The number of aromatic nitrogens is 5. The Morgan fingerprint density at radius 1 is 0.974 bits per heavy atom. The number of methoxy groups -OCH3 is 1. The normalized spacial score (nSPS) is 12.2. The third-order valence-electron chi connectivity index (χ3n) is 6.87. The van der Waals surface area contributed by atoms with Crippen LogP contribution in [0.4, 0.5) is 0 Å². The fourth-order valence-electron chi connectivity index (χ4n) is 4.82. The highest BCUT2D eigenvalue weighted by Gasteiger charge is 2.26. The Kier molecular flexibility index (Phi) is 7.60. The monoisotopic (exact) mass is 508 g/mol. The van der Waals surface area contributed by atoms with E-state index in [0.29, 0.717) is 25.2 Å². The lowest BCUT2D eigenvalue weighted by molar-refractivity contribution is 0.161. The lowest BCUT2D eigenvalue weighted by Crippen LogP contribution is -2.32. The van der Waals surface area contributed by atoms with Crippen molar-refractivity contribution in [3.63, 3.8) is 0 Å². The number of ether oxygens (including phenoxy) is 1. The van der Waals surface area contributed by atoms with E-state index in [-0.39, 0.29) is 11.6 Å². The fraction of sp³-hybridized carbons (Fsp3) is 0.267. The van der Waals surface area contributed by atoms with Crippen LogP contribution in [-0.4, -0.2) is 37.2 Å². The first-order valence-electron chi connectivity index (χ1n) is 12.8. The molecule has 8 nitrogen and oxygen atoms in total. The van der Waals surface area contributed by atoms with Crippen molar-refractivity contribution >= 4 is 10.9 Å². The second-order valence-electron chi connectivity index (χ2n) is 9.57. The van der Waals surface area contributed by atoms with Crippen molar-refractivity contribution in [2.45, 2.75) is 45.9 Å². The van der Waals surface area contributed by atoms with Gasteiger partial charge in [-0.3, -0.25) is 9.69 Å². The lowest BCUT2D eigenvalue weighted by Gasteiger charge is -2.30. The number of aryl methyl sites for hydroxylation is 1. The minimum atomic E-state index is -0.102. The van der Waals surface area contributed by atoms with Gasteiger partial charge in [-0.25, -0.2) is 4.68 Å². The molecule has 1 unspecified atom stereocenters. The molecule has 5 aromatic rings. The van der Waals surface area contributed by atoms with Crippen LogP contribution in [0.5, 0.6) is 5.75 Å². The van der Waals surface area contributed by atoms with E-state index in [2.05, 4.69) is 75.7 Å². The fourth-order valence-corrected chi connectivity index (χ4v) is 4.82. The zero-order chi connectivity index (χ0) is 26.5. The predicted molar refractivity (Wildman–Crippen MR) is 148 cm³/mol. The van der Waals surface area contributed by atoms with Gasteiger partial charge >= 0.3 is 0 Å². The van der Waals surface area contributed by atoms with Crippen LogP contribution in [0.15, 0.2) is 83.7 Å². The summed E-state index contributed by atoms with van der Waals surface area (Å²) in [7, 11) is 1.64. The molecular formula is C30H32N6O2. The minimum absolute atomic E-state index is 0.101. The van der Waals surface area contributed by atoms with Crippen molar-refractivity contribution in [2.75, 3.05) is 7.11 Å². The number of nitrogens with one attached hydrogen (secondary N) is 1. The molecule has 38 heavy (non-hydrogen) atoms. The van der Waals surface area contributed by atoms with E-state index in [1.165, 1.54) is 5.56 Å². The number of hydrogen-bond acceptors (Lipinski definition) is 6. The number of tetrazole rings is 1. The van der Waals surface area contributed by atoms with Gasteiger partial charge in [0.15, 0.2) is 5.82 Å². The molecule has 0 aliphatic rings. The van der Waals surface area contributed by atoms with Crippen LogP contribution in [-0.2, 0) is 19.6 Å². The molecule has 0 saturated carbocycles. The summed E-state index contributed by atoms with van der Waals surface area (Å²) in [6.07, 6.45) is 0.778. The van der Waals surface area contributed by atoms with Crippen molar-refractivity contribution in [2.24, 2.45) is 0 Å². The number of hydrogen-bond donors (Lipinski definition) is 1. The molecule has 0 aliphatic carbocycles. The van der Waals surface area contributed by atoms with E-state index >= 15 is 0 Å². The second kappa shape index (κ2) is 11.4. The highest BCUT2D eigenvalue weighted by Crippen LogP contribution is 2.27. The smallest absolute Gasteiger partial charge is 0.252 e. The molecule has 0 spiro atoms. The molecule has 0 saturated heterocycles. The van der Waals surface area contributed by atoms with Gasteiger partial charge in [0, 0.05) is 29.6 Å². The molecule has 8 heteroatoms. The zero-order valence-corrected chi connectivity index (χ0v) is 22.0. The van der Waals surface area contributed by atoms with Gasteiger partial charge in [0.2, 0.25) is 0 Å². The summed E-state index contributed by atoms with van der Waals surface area (Å²) in [5.41, 5.74) is 4.85. The van der Waals surface area contributed by atoms with Gasteiger partial charge in [-0.1, -0.05) is 67.1 Å². The number of aromatic amines is 1. The van der Waals surface area contributed by atoms with Gasteiger partial charge in [-0.15, -0.1) is 5.10 Å². The summed E-state index contributed by atoms with van der Waals surface area (Å²) in [5.74, 6) is 1.53. The summed E-state index contributed by atoms with van der Waals surface area (Å²) in [6.45, 7) is 5.87. The molecule has 1 atom stereocenters. The maximum absolute atomic E-state index is 13.2. The van der Waals surface area contributed by atoms with Crippen LogP contribution in [0.3, 0.4) is 0 Å². The van der Waals surface area contributed by atoms with Crippen LogP contribution < -0.4 is 10.3 Å². The summed E-state index contributed by atoms with van der Waals surface area (Å²) in [5, 5.41) is 13.7.